The van der Waals surface area contributed by atoms with E-state index in [1.165, 1.54) is 18.3 Å². The van der Waals surface area contributed by atoms with Gasteiger partial charge in [0.15, 0.2) is 10.7 Å². The number of halogens is 2. The molecule has 5 nitrogen and oxygen atoms in total. The maximum Gasteiger partial charge on any atom is 0.308 e. The summed E-state index contributed by atoms with van der Waals surface area (Å²) in [7, 11) is 0. The predicted molar refractivity (Wildman–Crippen MR) is 109 cm³/mol. The summed E-state index contributed by atoms with van der Waals surface area (Å²) >= 11 is 8.14. The Morgan fingerprint density at radius 3 is 2.62 bits per heavy atom. The van der Waals surface area contributed by atoms with Gasteiger partial charge in [-0.1, -0.05) is 23.5 Å². The van der Waals surface area contributed by atoms with Crippen LogP contribution < -0.4 is 14.8 Å². The Bertz CT molecular complexity index is 1270. The number of nitrogens with zero attached hydrogens (tertiary/aromatic N) is 2. The molecule has 0 saturated carbocycles. The molecule has 8 heteroatoms. The van der Waals surface area contributed by atoms with E-state index in [2.05, 4.69) is 36.8 Å². The number of esters is 1. The summed E-state index contributed by atoms with van der Waals surface area (Å²) in [6, 6.07) is 11.1. The van der Waals surface area contributed by atoms with Crippen LogP contribution in [-0.2, 0) is 4.79 Å². The van der Waals surface area contributed by atoms with E-state index in [9.17, 15) is 9.59 Å². The molecule has 0 aliphatic heterocycles. The van der Waals surface area contributed by atoms with Crippen LogP contribution in [0.2, 0.25) is 0 Å². The van der Waals surface area contributed by atoms with Gasteiger partial charge in [0.1, 0.15) is 0 Å². The molecular formula is C18H10Br2N2O3S. The molecule has 2 heterocycles. The van der Waals surface area contributed by atoms with Crippen LogP contribution in [0.5, 0.6) is 5.75 Å². The first-order valence-electron chi connectivity index (χ1n) is 7.53. The smallest absolute Gasteiger partial charge is 0.308 e. The van der Waals surface area contributed by atoms with Crippen molar-refractivity contribution in [1.29, 1.82) is 0 Å². The molecule has 0 saturated heterocycles. The van der Waals surface area contributed by atoms with Gasteiger partial charge >= 0.3 is 5.97 Å². The molecular weight excluding hydrogens is 484 g/mol. The van der Waals surface area contributed by atoms with Crippen molar-refractivity contribution in [1.82, 2.24) is 9.38 Å². The molecule has 0 aliphatic rings. The monoisotopic (exact) mass is 492 g/mol. The van der Waals surface area contributed by atoms with Crippen LogP contribution in [0.1, 0.15) is 12.5 Å². The molecule has 130 valence electrons. The lowest BCUT2D eigenvalue weighted by Crippen LogP contribution is -2.22. The molecule has 0 N–H and O–H groups in total. The molecule has 4 aromatic rings. The van der Waals surface area contributed by atoms with Gasteiger partial charge in [-0.05, 0) is 67.8 Å². The Balaban J connectivity index is 1.88. The average Bonchev–Trinajstić information content (AvgIpc) is 3.08. The van der Waals surface area contributed by atoms with Gasteiger partial charge in [0, 0.05) is 6.92 Å². The number of thiazole rings is 1. The van der Waals surface area contributed by atoms with Gasteiger partial charge in [-0.15, -0.1) is 0 Å². The number of rotatable bonds is 2. The highest BCUT2D eigenvalue weighted by Gasteiger charge is 2.13. The molecule has 2 aromatic carbocycles. The van der Waals surface area contributed by atoms with Gasteiger partial charge < -0.3 is 4.74 Å². The quantitative estimate of drug-likeness (QED) is 0.314. The Labute approximate surface area is 168 Å². The molecule has 0 aliphatic carbocycles. The largest absolute Gasteiger partial charge is 0.424 e. The summed E-state index contributed by atoms with van der Waals surface area (Å²) in [6.07, 6.45) is 1.80. The number of hydrogen-bond donors (Lipinski definition) is 0. The minimum Gasteiger partial charge on any atom is -0.424 e. The standard InChI is InChI=1S/C18H10Br2N2O3S/c1-9(23)25-16-11(19)6-10(7-12(16)20)8-15-17(24)22-14-5-3-2-4-13(14)21-18(22)26-15/h2-8H,1H3/b15-8+. The number of carbonyl (C=O) groups excluding carboxylic acids is 1. The third-order valence-corrected chi connectivity index (χ3v) is 5.86. The van der Waals surface area contributed by atoms with Crippen LogP contribution in [0.25, 0.3) is 22.1 Å². The number of hydrogen-bond acceptors (Lipinski definition) is 5. The van der Waals surface area contributed by atoms with E-state index in [1.807, 2.05) is 24.3 Å². The normalized spacial score (nSPS) is 12.2. The van der Waals surface area contributed by atoms with E-state index in [0.717, 1.165) is 16.6 Å². The fraction of sp³-hybridized carbons (Fsp3) is 0.0556. The van der Waals surface area contributed by atoms with Crippen LogP contribution in [0, 0.1) is 0 Å². The second-order valence-corrected chi connectivity index (χ2v) is 8.26. The lowest BCUT2D eigenvalue weighted by atomic mass is 10.2. The van der Waals surface area contributed by atoms with E-state index < -0.39 is 5.97 Å². The summed E-state index contributed by atoms with van der Waals surface area (Å²) in [6.45, 7) is 1.34. The van der Waals surface area contributed by atoms with Gasteiger partial charge in [-0.2, -0.15) is 0 Å². The van der Waals surface area contributed by atoms with Gasteiger partial charge in [0.25, 0.3) is 5.56 Å². The average molecular weight is 494 g/mol. The molecule has 0 radical (unpaired) electrons. The molecule has 0 unspecified atom stereocenters. The number of fused-ring (bicyclic) bond motifs is 3. The second kappa shape index (κ2) is 6.61. The Kier molecular flexibility index (Phi) is 4.42. The number of imidazole rings is 1. The third kappa shape index (κ3) is 2.98. The van der Waals surface area contributed by atoms with E-state index >= 15 is 0 Å². The first-order chi connectivity index (χ1) is 12.4. The maximum absolute atomic E-state index is 12.8. The Morgan fingerprint density at radius 1 is 1.23 bits per heavy atom. The van der Waals surface area contributed by atoms with Crippen LogP contribution in [-0.4, -0.2) is 15.4 Å². The molecule has 0 spiro atoms. The SMILES string of the molecule is CC(=O)Oc1c(Br)cc(/C=c2/sc3nc4ccccc4n3c2=O)cc1Br. The van der Waals surface area contributed by atoms with Crippen molar-refractivity contribution in [2.24, 2.45) is 0 Å². The fourth-order valence-corrected chi connectivity index (χ4v) is 5.04. The van der Waals surface area contributed by atoms with E-state index in [0.29, 0.717) is 24.2 Å². The highest BCUT2D eigenvalue weighted by molar-refractivity contribution is 9.11. The number of benzene rings is 2. The molecule has 2 aromatic heterocycles. The van der Waals surface area contributed by atoms with Gasteiger partial charge in [-0.25, -0.2) is 9.38 Å². The number of para-hydroxylation sites is 2. The number of aromatic nitrogens is 2. The minimum atomic E-state index is -0.406. The zero-order valence-electron chi connectivity index (χ0n) is 13.3. The van der Waals surface area contributed by atoms with Gasteiger partial charge in [0.05, 0.1) is 24.5 Å². The molecule has 0 fully saturated rings. The van der Waals surface area contributed by atoms with E-state index in [4.69, 9.17) is 4.74 Å². The van der Waals surface area contributed by atoms with Gasteiger partial charge in [-0.3, -0.25) is 9.59 Å². The fourth-order valence-electron chi connectivity index (χ4n) is 2.67. The van der Waals surface area contributed by atoms with Crippen molar-refractivity contribution in [2.75, 3.05) is 0 Å². The summed E-state index contributed by atoms with van der Waals surface area (Å²) in [4.78, 5) is 29.2. The van der Waals surface area contributed by atoms with Crippen LogP contribution >= 0.6 is 43.2 Å². The summed E-state index contributed by atoms with van der Waals surface area (Å²) in [5.74, 6) is 0.000284. The van der Waals surface area contributed by atoms with Crippen LogP contribution in [0.15, 0.2) is 50.1 Å². The predicted octanol–water partition coefficient (Wildman–Crippen LogP) is 3.91. The van der Waals surface area contributed by atoms with Gasteiger partial charge in [0.2, 0.25) is 0 Å². The minimum absolute atomic E-state index is 0.102. The van der Waals surface area contributed by atoms with Crippen molar-refractivity contribution < 1.29 is 9.53 Å². The van der Waals surface area contributed by atoms with Crippen molar-refractivity contribution in [3.8, 4) is 5.75 Å². The number of carbonyl (C=O) groups is 1. The first-order valence-corrected chi connectivity index (χ1v) is 9.93. The highest BCUT2D eigenvalue weighted by atomic mass is 79.9. The Morgan fingerprint density at radius 2 is 1.92 bits per heavy atom. The van der Waals surface area contributed by atoms with E-state index in [-0.39, 0.29) is 5.56 Å². The molecule has 0 bridgehead atoms. The lowest BCUT2D eigenvalue weighted by Gasteiger charge is -2.07. The molecule has 4 rings (SSSR count). The summed E-state index contributed by atoms with van der Waals surface area (Å²) in [5, 5.41) is 0. The van der Waals surface area contributed by atoms with Crippen molar-refractivity contribution in [3.63, 3.8) is 0 Å². The molecule has 26 heavy (non-hydrogen) atoms. The maximum atomic E-state index is 12.8. The highest BCUT2D eigenvalue weighted by Crippen LogP contribution is 2.35. The first kappa shape index (κ1) is 17.4. The second-order valence-electron chi connectivity index (χ2n) is 5.54. The zero-order chi connectivity index (χ0) is 18.4. The van der Waals surface area contributed by atoms with Crippen LogP contribution in [0.3, 0.4) is 0 Å². The molecule has 0 amide bonds. The lowest BCUT2D eigenvalue weighted by molar-refractivity contribution is -0.131. The third-order valence-electron chi connectivity index (χ3n) is 3.71. The van der Waals surface area contributed by atoms with Crippen molar-refractivity contribution >= 4 is 71.2 Å². The summed E-state index contributed by atoms with van der Waals surface area (Å²) in [5.41, 5.74) is 2.30. The van der Waals surface area contributed by atoms with E-state index in [1.54, 1.807) is 22.6 Å². The topological polar surface area (TPSA) is 60.7 Å². The molecule has 0 atom stereocenters. The van der Waals surface area contributed by atoms with Crippen molar-refractivity contribution in [2.45, 2.75) is 6.92 Å². The summed E-state index contributed by atoms with van der Waals surface area (Å²) < 4.78 is 8.61. The van der Waals surface area contributed by atoms with Crippen LogP contribution in [0.4, 0.5) is 0 Å². The zero-order valence-corrected chi connectivity index (χ0v) is 17.3. The Hall–Kier alpha value is -2.03. The number of ether oxygens (including phenoxy) is 1. The van der Waals surface area contributed by atoms with Crippen molar-refractivity contribution in [3.05, 3.63) is 65.8 Å².